The molecule has 142 valence electrons. The Morgan fingerprint density at radius 1 is 1.00 bits per heavy atom. The number of carbonyl (C=O) groups excluding carboxylic acids is 1. The van der Waals surface area contributed by atoms with E-state index in [1.165, 1.54) is 24.5 Å². The van der Waals surface area contributed by atoms with Crippen molar-refractivity contribution in [2.45, 2.75) is 31.6 Å². The molecule has 4 rings (SSSR count). The lowest BCUT2D eigenvalue weighted by molar-refractivity contribution is 0.0735. The zero-order valence-corrected chi connectivity index (χ0v) is 15.7. The second-order valence-electron chi connectivity index (χ2n) is 7.48. The minimum atomic E-state index is -0.405. The van der Waals surface area contributed by atoms with E-state index in [0.29, 0.717) is 33.9 Å². The van der Waals surface area contributed by atoms with Crippen molar-refractivity contribution in [1.82, 2.24) is 0 Å². The van der Waals surface area contributed by atoms with Gasteiger partial charge in [-0.3, -0.25) is 0 Å². The van der Waals surface area contributed by atoms with Gasteiger partial charge in [0.1, 0.15) is 11.6 Å². The van der Waals surface area contributed by atoms with E-state index in [-0.39, 0.29) is 5.82 Å². The Hall–Kier alpha value is -2.94. The minimum absolute atomic E-state index is 0.284. The second-order valence-corrected chi connectivity index (χ2v) is 7.48. The third-order valence-electron chi connectivity index (χ3n) is 5.73. The van der Waals surface area contributed by atoms with Crippen molar-refractivity contribution < 1.29 is 13.9 Å². The Bertz CT molecular complexity index is 999. The maximum absolute atomic E-state index is 13.8. The molecular weight excluding hydrogens is 351 g/mol. The quantitative estimate of drug-likeness (QED) is 0.290. The molecule has 3 aromatic rings. The number of esters is 1. The summed E-state index contributed by atoms with van der Waals surface area (Å²) in [7, 11) is 0. The van der Waals surface area contributed by atoms with Crippen LogP contribution in [0, 0.1) is 11.7 Å². The largest absolute Gasteiger partial charge is 0.423 e. The molecule has 0 N–H and O–H groups in total. The number of benzene rings is 3. The topological polar surface area (TPSA) is 26.3 Å². The van der Waals surface area contributed by atoms with E-state index in [4.69, 9.17) is 4.74 Å². The van der Waals surface area contributed by atoms with Gasteiger partial charge < -0.3 is 4.74 Å². The molecule has 0 spiro atoms. The molecule has 0 heterocycles. The van der Waals surface area contributed by atoms with Gasteiger partial charge in [-0.05, 0) is 84.9 Å². The molecule has 0 bridgehead atoms. The molecule has 1 aliphatic rings. The number of allylic oxidation sites excluding steroid dienone is 1. The van der Waals surface area contributed by atoms with Crippen molar-refractivity contribution in [1.29, 1.82) is 0 Å². The van der Waals surface area contributed by atoms with E-state index in [0.717, 1.165) is 12.8 Å². The molecule has 0 aliphatic heterocycles. The van der Waals surface area contributed by atoms with Gasteiger partial charge in [0.2, 0.25) is 0 Å². The molecular formula is C25H23FO2. The van der Waals surface area contributed by atoms with E-state index in [9.17, 15) is 9.18 Å². The highest BCUT2D eigenvalue weighted by atomic mass is 19.1. The Morgan fingerprint density at radius 2 is 1.75 bits per heavy atom. The summed E-state index contributed by atoms with van der Waals surface area (Å²) in [5.41, 5.74) is 1.79. The number of fused-ring (bicyclic) bond motifs is 1. The zero-order chi connectivity index (χ0) is 19.5. The van der Waals surface area contributed by atoms with Crippen LogP contribution in [-0.4, -0.2) is 5.97 Å². The van der Waals surface area contributed by atoms with Gasteiger partial charge >= 0.3 is 5.97 Å². The Labute approximate surface area is 164 Å². The van der Waals surface area contributed by atoms with E-state index in [1.807, 2.05) is 24.3 Å². The molecule has 0 atom stereocenters. The molecule has 3 aromatic carbocycles. The summed E-state index contributed by atoms with van der Waals surface area (Å²) in [4.78, 5) is 12.5. The third-order valence-corrected chi connectivity index (χ3v) is 5.73. The Balaban J connectivity index is 1.44. The fourth-order valence-corrected chi connectivity index (χ4v) is 4.03. The Morgan fingerprint density at radius 3 is 2.46 bits per heavy atom. The van der Waals surface area contributed by atoms with E-state index >= 15 is 0 Å². The monoisotopic (exact) mass is 374 g/mol. The highest BCUT2D eigenvalue weighted by Gasteiger charge is 2.21. The van der Waals surface area contributed by atoms with Gasteiger partial charge in [0.15, 0.2) is 0 Å². The van der Waals surface area contributed by atoms with E-state index in [1.54, 1.807) is 30.3 Å². The smallest absolute Gasteiger partial charge is 0.343 e. The molecule has 0 radical (unpaired) electrons. The molecule has 0 amide bonds. The molecule has 0 saturated heterocycles. The standard InChI is InChI=1S/C25H23FO2/c1-2-17-6-8-18(9-7-17)19-10-12-20(13-11-19)25(27)28-22-14-15-23-21(16-22)4-3-5-24(23)26/h2-5,10-18H,1,6-9H2. The first-order valence-electron chi connectivity index (χ1n) is 9.77. The summed E-state index contributed by atoms with van der Waals surface area (Å²) in [5.74, 6) is 0.915. The van der Waals surface area contributed by atoms with Crippen LogP contribution in [-0.2, 0) is 0 Å². The highest BCUT2D eigenvalue weighted by molar-refractivity contribution is 5.92. The summed E-state index contributed by atoms with van der Waals surface area (Å²) in [6.45, 7) is 3.90. The molecule has 28 heavy (non-hydrogen) atoms. The molecule has 0 aromatic heterocycles. The van der Waals surface area contributed by atoms with Crippen molar-refractivity contribution in [2.75, 3.05) is 0 Å². The highest BCUT2D eigenvalue weighted by Crippen LogP contribution is 2.36. The van der Waals surface area contributed by atoms with Gasteiger partial charge in [0, 0.05) is 5.39 Å². The first-order valence-corrected chi connectivity index (χ1v) is 9.77. The van der Waals surface area contributed by atoms with Gasteiger partial charge in [-0.1, -0.05) is 30.3 Å². The fourth-order valence-electron chi connectivity index (χ4n) is 4.03. The number of hydrogen-bond acceptors (Lipinski definition) is 2. The van der Waals surface area contributed by atoms with Crippen molar-refractivity contribution in [3.63, 3.8) is 0 Å². The number of rotatable bonds is 4. The van der Waals surface area contributed by atoms with Crippen molar-refractivity contribution in [2.24, 2.45) is 5.92 Å². The van der Waals surface area contributed by atoms with Crippen molar-refractivity contribution >= 4 is 16.7 Å². The first-order chi connectivity index (χ1) is 13.6. The van der Waals surface area contributed by atoms with Crippen LogP contribution in [0.3, 0.4) is 0 Å². The summed E-state index contributed by atoms with van der Waals surface area (Å²) < 4.78 is 19.3. The maximum Gasteiger partial charge on any atom is 0.343 e. The van der Waals surface area contributed by atoms with Gasteiger partial charge in [0.05, 0.1) is 5.56 Å². The molecule has 1 saturated carbocycles. The van der Waals surface area contributed by atoms with E-state index in [2.05, 4.69) is 12.7 Å². The fraction of sp³-hybridized carbons (Fsp3) is 0.240. The van der Waals surface area contributed by atoms with Crippen LogP contribution in [0.1, 0.15) is 47.5 Å². The number of hydrogen-bond donors (Lipinski definition) is 0. The predicted octanol–water partition coefficient (Wildman–Crippen LogP) is 6.66. The lowest BCUT2D eigenvalue weighted by Crippen LogP contribution is -2.12. The predicted molar refractivity (Wildman–Crippen MR) is 110 cm³/mol. The minimum Gasteiger partial charge on any atom is -0.423 e. The van der Waals surface area contributed by atoms with Crippen LogP contribution in [0.2, 0.25) is 0 Å². The molecule has 3 heteroatoms. The third kappa shape index (κ3) is 3.84. The van der Waals surface area contributed by atoms with Crippen LogP contribution in [0.15, 0.2) is 73.3 Å². The lowest BCUT2D eigenvalue weighted by Gasteiger charge is -2.26. The zero-order valence-electron chi connectivity index (χ0n) is 15.7. The van der Waals surface area contributed by atoms with Gasteiger partial charge in [0.25, 0.3) is 0 Å². The molecule has 0 unspecified atom stereocenters. The number of halogens is 1. The van der Waals surface area contributed by atoms with Crippen LogP contribution in [0.4, 0.5) is 4.39 Å². The van der Waals surface area contributed by atoms with E-state index < -0.39 is 5.97 Å². The summed E-state index contributed by atoms with van der Waals surface area (Å²) in [6, 6.07) is 17.5. The summed E-state index contributed by atoms with van der Waals surface area (Å²) >= 11 is 0. The van der Waals surface area contributed by atoms with Gasteiger partial charge in [-0.2, -0.15) is 0 Å². The lowest BCUT2D eigenvalue weighted by atomic mass is 9.79. The SMILES string of the molecule is C=CC1CCC(c2ccc(C(=O)Oc3ccc4c(F)cccc4c3)cc2)CC1. The maximum atomic E-state index is 13.8. The molecule has 1 aliphatic carbocycles. The van der Waals surface area contributed by atoms with Crippen LogP contribution >= 0.6 is 0 Å². The summed E-state index contributed by atoms with van der Waals surface area (Å²) in [5, 5.41) is 1.22. The Kier molecular flexibility index (Phi) is 5.25. The van der Waals surface area contributed by atoms with Gasteiger partial charge in [-0.15, -0.1) is 6.58 Å². The van der Waals surface area contributed by atoms with Gasteiger partial charge in [-0.25, -0.2) is 9.18 Å². The molecule has 2 nitrogen and oxygen atoms in total. The van der Waals surface area contributed by atoms with Crippen molar-refractivity contribution in [3.05, 3.63) is 90.3 Å². The number of carbonyl (C=O) groups is 1. The summed E-state index contributed by atoms with van der Waals surface area (Å²) in [6.07, 6.45) is 6.75. The van der Waals surface area contributed by atoms with Crippen LogP contribution < -0.4 is 4.74 Å². The average Bonchev–Trinajstić information content (AvgIpc) is 2.74. The second kappa shape index (κ2) is 7.97. The normalized spacial score (nSPS) is 19.3. The van der Waals surface area contributed by atoms with Crippen molar-refractivity contribution in [3.8, 4) is 5.75 Å². The average molecular weight is 374 g/mol. The van der Waals surface area contributed by atoms with Crippen LogP contribution in [0.5, 0.6) is 5.75 Å². The van der Waals surface area contributed by atoms with Crippen LogP contribution in [0.25, 0.3) is 10.8 Å². The number of ether oxygens (including phenoxy) is 1. The molecule has 1 fully saturated rings. The first kappa shape index (κ1) is 18.4.